The third-order valence-electron chi connectivity index (χ3n) is 4.09. The minimum absolute atomic E-state index is 0.662. The standard InChI is InChI=1S/C13H22ClN3/c1-9-13(14)12(17(2)16-9)7-10-5-3-4-6-11(10)8-15/h10-11H,3-8,15H2,1-2H3. The highest BCUT2D eigenvalue weighted by molar-refractivity contribution is 6.31. The quantitative estimate of drug-likeness (QED) is 0.903. The first-order valence-electron chi connectivity index (χ1n) is 6.51. The first kappa shape index (κ1) is 12.9. The van der Waals surface area contributed by atoms with Crippen molar-refractivity contribution < 1.29 is 0 Å². The molecule has 3 nitrogen and oxygen atoms in total. The molecule has 0 saturated heterocycles. The van der Waals surface area contributed by atoms with E-state index in [1.807, 2.05) is 18.7 Å². The van der Waals surface area contributed by atoms with E-state index in [0.29, 0.717) is 11.8 Å². The maximum absolute atomic E-state index is 6.31. The molecule has 2 atom stereocenters. The predicted octanol–water partition coefficient (Wildman–Crippen LogP) is 2.69. The molecule has 2 rings (SSSR count). The van der Waals surface area contributed by atoms with Crippen LogP contribution in [0.15, 0.2) is 0 Å². The molecule has 0 spiro atoms. The molecular formula is C13H22ClN3. The van der Waals surface area contributed by atoms with Crippen LogP contribution in [-0.2, 0) is 13.5 Å². The van der Waals surface area contributed by atoms with Gasteiger partial charge >= 0.3 is 0 Å². The first-order valence-corrected chi connectivity index (χ1v) is 6.89. The molecule has 0 aliphatic heterocycles. The molecule has 1 aromatic rings. The normalized spacial score (nSPS) is 25.2. The lowest BCUT2D eigenvalue weighted by Gasteiger charge is -2.30. The molecule has 2 N–H and O–H groups in total. The molecule has 0 amide bonds. The second-order valence-electron chi connectivity index (χ2n) is 5.21. The number of nitrogens with zero attached hydrogens (tertiary/aromatic N) is 2. The van der Waals surface area contributed by atoms with Crippen molar-refractivity contribution in [1.82, 2.24) is 9.78 Å². The molecule has 1 aliphatic carbocycles. The molecule has 1 aliphatic rings. The number of halogens is 1. The number of hydrogen-bond donors (Lipinski definition) is 1. The van der Waals surface area contributed by atoms with Gasteiger partial charge in [-0.3, -0.25) is 4.68 Å². The first-order chi connectivity index (χ1) is 8.13. The van der Waals surface area contributed by atoms with E-state index in [9.17, 15) is 0 Å². The highest BCUT2D eigenvalue weighted by Crippen LogP contribution is 2.33. The summed E-state index contributed by atoms with van der Waals surface area (Å²) in [6.07, 6.45) is 6.24. The van der Waals surface area contributed by atoms with Crippen LogP contribution in [-0.4, -0.2) is 16.3 Å². The van der Waals surface area contributed by atoms with E-state index in [1.54, 1.807) is 0 Å². The summed E-state index contributed by atoms with van der Waals surface area (Å²) in [6, 6.07) is 0. The SMILES string of the molecule is Cc1nn(C)c(CC2CCCCC2CN)c1Cl. The zero-order valence-electron chi connectivity index (χ0n) is 10.7. The van der Waals surface area contributed by atoms with Gasteiger partial charge in [0.1, 0.15) is 0 Å². The number of hydrogen-bond acceptors (Lipinski definition) is 2. The lowest BCUT2D eigenvalue weighted by atomic mass is 9.77. The Hall–Kier alpha value is -0.540. The van der Waals surface area contributed by atoms with Crippen LogP contribution >= 0.6 is 11.6 Å². The van der Waals surface area contributed by atoms with Crippen LogP contribution in [0.2, 0.25) is 5.02 Å². The largest absolute Gasteiger partial charge is 0.330 e. The Morgan fingerprint density at radius 2 is 2.00 bits per heavy atom. The van der Waals surface area contributed by atoms with Crippen LogP contribution in [0.1, 0.15) is 37.1 Å². The van der Waals surface area contributed by atoms with Crippen LogP contribution in [0.5, 0.6) is 0 Å². The van der Waals surface area contributed by atoms with Crippen LogP contribution < -0.4 is 5.73 Å². The van der Waals surface area contributed by atoms with E-state index in [4.69, 9.17) is 17.3 Å². The second-order valence-corrected chi connectivity index (χ2v) is 5.59. The summed E-state index contributed by atoms with van der Waals surface area (Å²) in [5.41, 5.74) is 7.98. The van der Waals surface area contributed by atoms with Crippen LogP contribution in [0.25, 0.3) is 0 Å². The minimum Gasteiger partial charge on any atom is -0.330 e. The third-order valence-corrected chi connectivity index (χ3v) is 4.58. The Kier molecular flexibility index (Phi) is 4.10. The summed E-state index contributed by atoms with van der Waals surface area (Å²) in [5, 5.41) is 5.22. The van der Waals surface area contributed by atoms with Gasteiger partial charge in [0.05, 0.1) is 16.4 Å². The van der Waals surface area contributed by atoms with Gasteiger partial charge in [-0.2, -0.15) is 5.10 Å². The topological polar surface area (TPSA) is 43.8 Å². The van der Waals surface area contributed by atoms with E-state index in [0.717, 1.165) is 23.7 Å². The molecule has 96 valence electrons. The summed E-state index contributed by atoms with van der Waals surface area (Å²) >= 11 is 6.31. The van der Waals surface area contributed by atoms with Gasteiger partial charge in [0, 0.05) is 7.05 Å². The van der Waals surface area contributed by atoms with Gasteiger partial charge in [0.2, 0.25) is 0 Å². The second kappa shape index (κ2) is 5.40. The molecule has 0 aromatic carbocycles. The summed E-state index contributed by atoms with van der Waals surface area (Å²) in [6.45, 7) is 2.77. The summed E-state index contributed by atoms with van der Waals surface area (Å²) in [7, 11) is 1.98. The van der Waals surface area contributed by atoms with Gasteiger partial charge in [-0.05, 0) is 44.6 Å². The van der Waals surface area contributed by atoms with Gasteiger partial charge in [-0.1, -0.05) is 24.4 Å². The van der Waals surface area contributed by atoms with Gasteiger partial charge in [0.15, 0.2) is 0 Å². The van der Waals surface area contributed by atoms with E-state index >= 15 is 0 Å². The maximum atomic E-state index is 6.31. The molecule has 0 bridgehead atoms. The predicted molar refractivity (Wildman–Crippen MR) is 71.2 cm³/mol. The number of aryl methyl sites for hydroxylation is 2. The number of aromatic nitrogens is 2. The van der Waals surface area contributed by atoms with Crippen molar-refractivity contribution in [3.8, 4) is 0 Å². The minimum atomic E-state index is 0.662. The Balaban J connectivity index is 2.13. The molecule has 1 heterocycles. The molecule has 17 heavy (non-hydrogen) atoms. The van der Waals surface area contributed by atoms with Gasteiger partial charge < -0.3 is 5.73 Å². The summed E-state index contributed by atoms with van der Waals surface area (Å²) in [5.74, 6) is 1.34. The average molecular weight is 256 g/mol. The fourth-order valence-corrected chi connectivity index (χ4v) is 3.25. The number of rotatable bonds is 3. The van der Waals surface area contributed by atoms with Gasteiger partial charge in [0.25, 0.3) is 0 Å². The fraction of sp³-hybridized carbons (Fsp3) is 0.769. The van der Waals surface area contributed by atoms with Crippen molar-refractivity contribution in [2.24, 2.45) is 24.6 Å². The van der Waals surface area contributed by atoms with Gasteiger partial charge in [-0.25, -0.2) is 0 Å². The molecule has 0 radical (unpaired) electrons. The van der Waals surface area contributed by atoms with Crippen molar-refractivity contribution in [2.45, 2.75) is 39.0 Å². The Bertz CT molecular complexity index is 386. The highest BCUT2D eigenvalue weighted by Gasteiger charge is 2.26. The van der Waals surface area contributed by atoms with Crippen molar-refractivity contribution >= 4 is 11.6 Å². The lowest BCUT2D eigenvalue weighted by Crippen LogP contribution is -2.28. The molecular weight excluding hydrogens is 234 g/mol. The zero-order valence-corrected chi connectivity index (χ0v) is 11.5. The van der Waals surface area contributed by atoms with Crippen LogP contribution in [0.3, 0.4) is 0 Å². The van der Waals surface area contributed by atoms with Crippen LogP contribution in [0, 0.1) is 18.8 Å². The smallest absolute Gasteiger partial charge is 0.0847 e. The maximum Gasteiger partial charge on any atom is 0.0847 e. The molecule has 2 unspecified atom stereocenters. The van der Waals surface area contributed by atoms with E-state index in [-0.39, 0.29) is 0 Å². The molecule has 1 saturated carbocycles. The fourth-order valence-electron chi connectivity index (χ4n) is 3.01. The lowest BCUT2D eigenvalue weighted by molar-refractivity contribution is 0.239. The van der Waals surface area contributed by atoms with Crippen molar-refractivity contribution in [2.75, 3.05) is 6.54 Å². The Labute approximate surface area is 108 Å². The van der Waals surface area contributed by atoms with Gasteiger partial charge in [-0.15, -0.1) is 0 Å². The summed E-state index contributed by atoms with van der Waals surface area (Å²) < 4.78 is 1.93. The monoisotopic (exact) mass is 255 g/mol. The van der Waals surface area contributed by atoms with Crippen LogP contribution in [0.4, 0.5) is 0 Å². The van der Waals surface area contributed by atoms with E-state index in [1.165, 1.54) is 31.4 Å². The Morgan fingerprint density at radius 3 is 2.53 bits per heavy atom. The van der Waals surface area contributed by atoms with Crippen molar-refractivity contribution in [3.05, 3.63) is 16.4 Å². The highest BCUT2D eigenvalue weighted by atomic mass is 35.5. The molecule has 1 fully saturated rings. The third kappa shape index (κ3) is 2.66. The zero-order chi connectivity index (χ0) is 12.4. The molecule has 4 heteroatoms. The van der Waals surface area contributed by atoms with Crippen molar-refractivity contribution in [3.63, 3.8) is 0 Å². The number of nitrogens with two attached hydrogens (primary N) is 1. The average Bonchev–Trinajstić information content (AvgIpc) is 2.57. The molecule has 1 aromatic heterocycles. The van der Waals surface area contributed by atoms with E-state index in [2.05, 4.69) is 5.10 Å². The Morgan fingerprint density at radius 1 is 1.35 bits per heavy atom. The van der Waals surface area contributed by atoms with E-state index < -0.39 is 0 Å². The summed E-state index contributed by atoms with van der Waals surface area (Å²) in [4.78, 5) is 0. The van der Waals surface area contributed by atoms with Crippen molar-refractivity contribution in [1.29, 1.82) is 0 Å².